The summed E-state index contributed by atoms with van der Waals surface area (Å²) in [4.78, 5) is 0. The van der Waals surface area contributed by atoms with Crippen molar-refractivity contribution in [2.75, 3.05) is 19.7 Å². The number of hydrogen-bond donors (Lipinski definition) is 1. The fourth-order valence-electron chi connectivity index (χ4n) is 2.56. The molecule has 2 aromatic rings. The second-order valence-electron chi connectivity index (χ2n) is 5.37. The third-order valence-electron chi connectivity index (χ3n) is 3.87. The van der Waals surface area contributed by atoms with Gasteiger partial charge in [-0.05, 0) is 23.3 Å². The average molecular weight is 332 g/mol. The molecule has 0 bridgehead atoms. The summed E-state index contributed by atoms with van der Waals surface area (Å²) in [6.45, 7) is 3.42. The second-order valence-corrected chi connectivity index (χ2v) is 6.28. The zero-order valence-corrected chi connectivity index (χ0v) is 12.9. The summed E-state index contributed by atoms with van der Waals surface area (Å²) in [5.41, 5.74) is 2.72. The maximum Gasteiger partial charge on any atom is 0.0717 e. The van der Waals surface area contributed by atoms with Gasteiger partial charge in [0.05, 0.1) is 13.2 Å². The topological polar surface area (TPSA) is 21.3 Å². The molecule has 0 spiro atoms. The molecule has 2 aromatic carbocycles. The van der Waals surface area contributed by atoms with E-state index in [2.05, 4.69) is 57.6 Å². The zero-order valence-electron chi connectivity index (χ0n) is 11.3. The average Bonchev–Trinajstić information content (AvgIpc) is 2.44. The lowest BCUT2D eigenvalue weighted by Crippen LogP contribution is -2.59. The summed E-state index contributed by atoms with van der Waals surface area (Å²) in [5, 5.41) is 3.37. The molecule has 104 valence electrons. The van der Waals surface area contributed by atoms with Crippen LogP contribution in [0.25, 0.3) is 0 Å². The van der Waals surface area contributed by atoms with Crippen LogP contribution >= 0.6 is 15.9 Å². The van der Waals surface area contributed by atoms with Gasteiger partial charge in [-0.2, -0.15) is 0 Å². The first-order chi connectivity index (χ1) is 9.78. The van der Waals surface area contributed by atoms with E-state index in [1.807, 2.05) is 18.2 Å². The van der Waals surface area contributed by atoms with Crippen molar-refractivity contribution in [2.45, 2.75) is 12.0 Å². The fourth-order valence-corrected chi connectivity index (χ4v) is 2.82. The van der Waals surface area contributed by atoms with Crippen molar-refractivity contribution in [3.05, 3.63) is 70.2 Å². The van der Waals surface area contributed by atoms with Crippen LogP contribution in [0, 0.1) is 0 Å². The van der Waals surface area contributed by atoms with Gasteiger partial charge in [0.2, 0.25) is 0 Å². The van der Waals surface area contributed by atoms with Crippen LogP contribution in [0.1, 0.15) is 11.1 Å². The standard InChI is InChI=1S/C17H18BrNO/c18-16-8-6-15(7-9-16)17(11-19-12-17)13-20-10-14-4-2-1-3-5-14/h1-9,19H,10-13H2. The smallest absolute Gasteiger partial charge is 0.0717 e. The fraction of sp³-hybridized carbons (Fsp3) is 0.294. The molecule has 20 heavy (non-hydrogen) atoms. The number of hydrogen-bond acceptors (Lipinski definition) is 2. The molecular weight excluding hydrogens is 314 g/mol. The van der Waals surface area contributed by atoms with Gasteiger partial charge in [-0.15, -0.1) is 0 Å². The van der Waals surface area contributed by atoms with Crippen LogP contribution in [0.15, 0.2) is 59.1 Å². The first-order valence-electron chi connectivity index (χ1n) is 6.87. The van der Waals surface area contributed by atoms with E-state index < -0.39 is 0 Å². The van der Waals surface area contributed by atoms with Gasteiger partial charge in [0.1, 0.15) is 0 Å². The number of nitrogens with one attached hydrogen (secondary N) is 1. The maximum absolute atomic E-state index is 5.96. The molecule has 0 radical (unpaired) electrons. The van der Waals surface area contributed by atoms with E-state index in [0.29, 0.717) is 6.61 Å². The normalized spacial score (nSPS) is 16.6. The monoisotopic (exact) mass is 331 g/mol. The highest BCUT2D eigenvalue weighted by Gasteiger charge is 2.38. The van der Waals surface area contributed by atoms with Crippen molar-refractivity contribution in [3.63, 3.8) is 0 Å². The molecule has 1 N–H and O–H groups in total. The molecule has 3 rings (SSSR count). The molecule has 1 aliphatic heterocycles. The zero-order chi connectivity index (χ0) is 13.8. The highest BCUT2D eigenvalue weighted by molar-refractivity contribution is 9.10. The molecule has 1 fully saturated rings. The Labute approximate surface area is 128 Å². The van der Waals surface area contributed by atoms with Gasteiger partial charge in [0.25, 0.3) is 0 Å². The molecule has 1 aliphatic rings. The van der Waals surface area contributed by atoms with Crippen LogP contribution in [0.5, 0.6) is 0 Å². The molecule has 0 atom stereocenters. The lowest BCUT2D eigenvalue weighted by atomic mass is 9.76. The van der Waals surface area contributed by atoms with E-state index in [4.69, 9.17) is 4.74 Å². The summed E-state index contributed by atoms with van der Waals surface area (Å²) in [5.74, 6) is 0. The molecule has 0 amide bonds. The Morgan fingerprint density at radius 2 is 1.70 bits per heavy atom. The predicted molar refractivity (Wildman–Crippen MR) is 84.8 cm³/mol. The van der Waals surface area contributed by atoms with Crippen molar-refractivity contribution in [2.24, 2.45) is 0 Å². The van der Waals surface area contributed by atoms with Crippen molar-refractivity contribution in [1.29, 1.82) is 0 Å². The van der Waals surface area contributed by atoms with Crippen LogP contribution in [-0.4, -0.2) is 19.7 Å². The Morgan fingerprint density at radius 1 is 1.00 bits per heavy atom. The van der Waals surface area contributed by atoms with E-state index >= 15 is 0 Å². The molecule has 1 heterocycles. The second kappa shape index (κ2) is 6.08. The van der Waals surface area contributed by atoms with Crippen LogP contribution in [-0.2, 0) is 16.8 Å². The van der Waals surface area contributed by atoms with Gasteiger partial charge in [-0.1, -0.05) is 58.4 Å². The Morgan fingerprint density at radius 3 is 2.30 bits per heavy atom. The van der Waals surface area contributed by atoms with E-state index in [0.717, 1.165) is 24.2 Å². The molecule has 1 saturated heterocycles. The summed E-state index contributed by atoms with van der Waals surface area (Å²) in [7, 11) is 0. The van der Waals surface area contributed by atoms with Gasteiger partial charge in [-0.25, -0.2) is 0 Å². The molecule has 0 unspecified atom stereocenters. The molecule has 0 saturated carbocycles. The number of ether oxygens (including phenoxy) is 1. The maximum atomic E-state index is 5.96. The number of rotatable bonds is 5. The number of benzene rings is 2. The summed E-state index contributed by atoms with van der Waals surface area (Å²) < 4.78 is 7.08. The first kappa shape index (κ1) is 13.8. The minimum Gasteiger partial charge on any atom is -0.376 e. The molecule has 3 heteroatoms. The quantitative estimate of drug-likeness (QED) is 0.905. The van der Waals surface area contributed by atoms with Crippen molar-refractivity contribution in [3.8, 4) is 0 Å². The lowest BCUT2D eigenvalue weighted by molar-refractivity contribution is 0.0472. The van der Waals surface area contributed by atoms with Gasteiger partial charge in [0.15, 0.2) is 0 Å². The van der Waals surface area contributed by atoms with Crippen LogP contribution in [0.3, 0.4) is 0 Å². The molecule has 0 aliphatic carbocycles. The highest BCUT2D eigenvalue weighted by atomic mass is 79.9. The Kier molecular flexibility index (Phi) is 4.20. The summed E-state index contributed by atoms with van der Waals surface area (Å²) in [6, 6.07) is 18.9. The van der Waals surface area contributed by atoms with Gasteiger partial charge >= 0.3 is 0 Å². The minimum atomic E-state index is 0.134. The van der Waals surface area contributed by atoms with Crippen LogP contribution in [0.2, 0.25) is 0 Å². The Hall–Kier alpha value is -1.16. The van der Waals surface area contributed by atoms with Crippen LogP contribution in [0.4, 0.5) is 0 Å². The third kappa shape index (κ3) is 2.95. The van der Waals surface area contributed by atoms with E-state index in [1.165, 1.54) is 11.1 Å². The number of halogens is 1. The summed E-state index contributed by atoms with van der Waals surface area (Å²) >= 11 is 3.49. The minimum absolute atomic E-state index is 0.134. The molecule has 2 nitrogen and oxygen atoms in total. The molecular formula is C17H18BrNO. The van der Waals surface area contributed by atoms with Gasteiger partial charge in [-0.3, -0.25) is 0 Å². The van der Waals surface area contributed by atoms with Crippen LogP contribution < -0.4 is 5.32 Å². The van der Waals surface area contributed by atoms with Crippen molar-refractivity contribution in [1.82, 2.24) is 5.32 Å². The lowest BCUT2D eigenvalue weighted by Gasteiger charge is -2.43. The van der Waals surface area contributed by atoms with E-state index in [9.17, 15) is 0 Å². The van der Waals surface area contributed by atoms with Gasteiger partial charge in [0, 0.05) is 23.0 Å². The van der Waals surface area contributed by atoms with Crippen molar-refractivity contribution >= 4 is 15.9 Å². The summed E-state index contributed by atoms with van der Waals surface area (Å²) in [6.07, 6.45) is 0. The Balaban J connectivity index is 1.63. The molecule has 0 aromatic heterocycles. The van der Waals surface area contributed by atoms with E-state index in [1.54, 1.807) is 0 Å². The highest BCUT2D eigenvalue weighted by Crippen LogP contribution is 2.30. The van der Waals surface area contributed by atoms with Gasteiger partial charge < -0.3 is 10.1 Å². The Bertz CT molecular complexity index is 549. The SMILES string of the molecule is Brc1ccc(C2(COCc3ccccc3)CNC2)cc1. The van der Waals surface area contributed by atoms with Crippen molar-refractivity contribution < 1.29 is 4.74 Å². The third-order valence-corrected chi connectivity index (χ3v) is 4.40. The largest absolute Gasteiger partial charge is 0.376 e. The predicted octanol–water partition coefficient (Wildman–Crippen LogP) is 3.51. The first-order valence-corrected chi connectivity index (χ1v) is 7.66. The van der Waals surface area contributed by atoms with E-state index in [-0.39, 0.29) is 5.41 Å².